The molecule has 0 radical (unpaired) electrons. The number of halogens is 3. The maximum Gasteiger partial charge on any atom is 0.401 e. The maximum atomic E-state index is 12.1. The zero-order chi connectivity index (χ0) is 15.7. The average molecular weight is 300 g/mol. The van der Waals surface area contributed by atoms with Crippen LogP contribution in [0, 0.1) is 0 Å². The van der Waals surface area contributed by atoms with Crippen LogP contribution in [-0.2, 0) is 0 Å². The van der Waals surface area contributed by atoms with Gasteiger partial charge in [-0.25, -0.2) is 0 Å². The predicted molar refractivity (Wildman–Crippen MR) is 81.1 cm³/mol. The summed E-state index contributed by atoms with van der Waals surface area (Å²) in [5.74, 6) is 0. The highest BCUT2D eigenvalue weighted by Gasteiger charge is 2.28. The SMILES string of the molecule is C/C(=C\c1ccccc1)CNCCCN(C)CC(F)(F)F. The first-order valence-electron chi connectivity index (χ1n) is 7.05. The van der Waals surface area contributed by atoms with Crippen LogP contribution in [0.2, 0.25) is 0 Å². The van der Waals surface area contributed by atoms with E-state index in [1.54, 1.807) is 0 Å². The molecule has 0 aliphatic rings. The first-order chi connectivity index (χ1) is 9.87. The van der Waals surface area contributed by atoms with E-state index in [0.29, 0.717) is 19.5 Å². The molecule has 0 unspecified atom stereocenters. The second-order valence-electron chi connectivity index (χ2n) is 5.28. The molecule has 0 saturated carbocycles. The van der Waals surface area contributed by atoms with Gasteiger partial charge in [-0.15, -0.1) is 0 Å². The molecular weight excluding hydrogens is 277 g/mol. The lowest BCUT2D eigenvalue weighted by atomic mass is 10.1. The summed E-state index contributed by atoms with van der Waals surface area (Å²) < 4.78 is 36.4. The molecule has 0 heterocycles. The molecule has 0 saturated heterocycles. The second kappa shape index (κ2) is 8.85. The first kappa shape index (κ1) is 17.7. The molecule has 0 aromatic heterocycles. The third-order valence-corrected chi connectivity index (χ3v) is 2.96. The number of hydrogen-bond donors (Lipinski definition) is 1. The van der Waals surface area contributed by atoms with Crippen LogP contribution >= 0.6 is 0 Å². The molecule has 0 amide bonds. The van der Waals surface area contributed by atoms with Gasteiger partial charge in [0.25, 0.3) is 0 Å². The van der Waals surface area contributed by atoms with E-state index >= 15 is 0 Å². The molecule has 0 aliphatic carbocycles. The molecule has 2 nitrogen and oxygen atoms in total. The molecule has 5 heteroatoms. The minimum atomic E-state index is -4.11. The predicted octanol–water partition coefficient (Wildman–Crippen LogP) is 3.56. The molecule has 1 rings (SSSR count). The van der Waals surface area contributed by atoms with Crippen molar-refractivity contribution < 1.29 is 13.2 Å². The molecule has 1 aromatic carbocycles. The van der Waals surface area contributed by atoms with E-state index in [1.807, 2.05) is 37.3 Å². The lowest BCUT2D eigenvalue weighted by Crippen LogP contribution is -2.33. The summed E-state index contributed by atoms with van der Waals surface area (Å²) in [6.45, 7) is 3.09. The van der Waals surface area contributed by atoms with Gasteiger partial charge in [0.15, 0.2) is 0 Å². The van der Waals surface area contributed by atoms with Crippen molar-refractivity contribution in [2.75, 3.05) is 33.2 Å². The van der Waals surface area contributed by atoms with Crippen molar-refractivity contribution in [1.29, 1.82) is 0 Å². The number of benzene rings is 1. The fourth-order valence-electron chi connectivity index (χ4n) is 2.03. The minimum Gasteiger partial charge on any atom is -0.313 e. The summed E-state index contributed by atoms with van der Waals surface area (Å²) in [6, 6.07) is 10.0. The Bertz CT molecular complexity index is 427. The maximum absolute atomic E-state index is 12.1. The van der Waals surface area contributed by atoms with Gasteiger partial charge in [-0.1, -0.05) is 42.0 Å². The van der Waals surface area contributed by atoms with Crippen molar-refractivity contribution in [3.63, 3.8) is 0 Å². The summed E-state index contributed by atoms with van der Waals surface area (Å²) in [7, 11) is 1.49. The molecule has 118 valence electrons. The summed E-state index contributed by atoms with van der Waals surface area (Å²) in [4.78, 5) is 1.30. The van der Waals surface area contributed by atoms with E-state index in [0.717, 1.165) is 12.1 Å². The van der Waals surface area contributed by atoms with Crippen molar-refractivity contribution in [3.8, 4) is 0 Å². The van der Waals surface area contributed by atoms with Crippen molar-refractivity contribution >= 4 is 6.08 Å². The number of nitrogens with zero attached hydrogens (tertiary/aromatic N) is 1. The summed E-state index contributed by atoms with van der Waals surface area (Å²) in [5.41, 5.74) is 2.35. The van der Waals surface area contributed by atoms with E-state index in [4.69, 9.17) is 0 Å². The van der Waals surface area contributed by atoms with E-state index in [-0.39, 0.29) is 0 Å². The largest absolute Gasteiger partial charge is 0.401 e. The number of rotatable bonds is 8. The van der Waals surface area contributed by atoms with Gasteiger partial charge < -0.3 is 5.32 Å². The Morgan fingerprint density at radius 2 is 1.90 bits per heavy atom. The van der Waals surface area contributed by atoms with Crippen molar-refractivity contribution in [3.05, 3.63) is 41.5 Å². The van der Waals surface area contributed by atoms with Crippen LogP contribution in [0.25, 0.3) is 6.08 Å². The van der Waals surface area contributed by atoms with Crippen LogP contribution in [0.3, 0.4) is 0 Å². The lowest BCUT2D eigenvalue weighted by molar-refractivity contribution is -0.143. The Morgan fingerprint density at radius 1 is 1.24 bits per heavy atom. The lowest BCUT2D eigenvalue weighted by Gasteiger charge is -2.18. The molecule has 0 spiro atoms. The molecule has 0 bridgehead atoms. The van der Waals surface area contributed by atoms with Crippen molar-refractivity contribution in [2.24, 2.45) is 0 Å². The van der Waals surface area contributed by atoms with Gasteiger partial charge >= 0.3 is 6.18 Å². The highest BCUT2D eigenvalue weighted by Crippen LogP contribution is 2.15. The number of nitrogens with one attached hydrogen (secondary N) is 1. The van der Waals surface area contributed by atoms with E-state index in [2.05, 4.69) is 11.4 Å². The second-order valence-corrected chi connectivity index (χ2v) is 5.28. The quantitative estimate of drug-likeness (QED) is 0.738. The topological polar surface area (TPSA) is 15.3 Å². The highest BCUT2D eigenvalue weighted by atomic mass is 19.4. The summed E-state index contributed by atoms with van der Waals surface area (Å²) in [6.07, 6.45) is -1.31. The molecule has 1 aromatic rings. The fourth-order valence-corrected chi connectivity index (χ4v) is 2.03. The van der Waals surface area contributed by atoms with Gasteiger partial charge in [-0.3, -0.25) is 4.90 Å². The smallest absolute Gasteiger partial charge is 0.313 e. The minimum absolute atomic E-state index is 0.438. The Kier molecular flexibility index (Phi) is 7.47. The van der Waals surface area contributed by atoms with Crippen molar-refractivity contribution in [2.45, 2.75) is 19.5 Å². The highest BCUT2D eigenvalue weighted by molar-refractivity contribution is 5.52. The van der Waals surface area contributed by atoms with Crippen LogP contribution in [0.1, 0.15) is 18.9 Å². The van der Waals surface area contributed by atoms with Gasteiger partial charge in [-0.05, 0) is 39.0 Å². The van der Waals surface area contributed by atoms with Crippen LogP contribution < -0.4 is 5.32 Å². The summed E-state index contributed by atoms with van der Waals surface area (Å²) in [5, 5.41) is 3.25. The molecule has 21 heavy (non-hydrogen) atoms. The molecule has 1 N–H and O–H groups in total. The molecular formula is C16H23F3N2. The van der Waals surface area contributed by atoms with E-state index in [9.17, 15) is 13.2 Å². The third kappa shape index (κ3) is 9.26. The standard InChI is InChI=1S/C16H23F3N2/c1-14(11-15-7-4-3-5-8-15)12-20-9-6-10-21(2)13-16(17,18)19/h3-5,7-8,11,20H,6,9-10,12-13H2,1-2H3/b14-11+. The zero-order valence-corrected chi connectivity index (χ0v) is 12.6. The molecule has 0 aliphatic heterocycles. The molecule has 0 fully saturated rings. The van der Waals surface area contributed by atoms with Gasteiger partial charge in [0, 0.05) is 6.54 Å². The van der Waals surface area contributed by atoms with Crippen LogP contribution in [0.5, 0.6) is 0 Å². The molecule has 0 atom stereocenters. The zero-order valence-electron chi connectivity index (χ0n) is 12.6. The van der Waals surface area contributed by atoms with Gasteiger partial charge in [0.2, 0.25) is 0 Å². The van der Waals surface area contributed by atoms with Crippen LogP contribution in [0.4, 0.5) is 13.2 Å². The summed E-state index contributed by atoms with van der Waals surface area (Å²) >= 11 is 0. The Hall–Kier alpha value is -1.33. The van der Waals surface area contributed by atoms with Crippen molar-refractivity contribution in [1.82, 2.24) is 10.2 Å². The Labute approximate surface area is 124 Å². The average Bonchev–Trinajstić information content (AvgIpc) is 2.37. The fraction of sp³-hybridized carbons (Fsp3) is 0.500. The van der Waals surface area contributed by atoms with Gasteiger partial charge in [0.1, 0.15) is 0 Å². The number of alkyl halides is 3. The van der Waals surface area contributed by atoms with E-state index in [1.165, 1.54) is 17.5 Å². The van der Waals surface area contributed by atoms with Crippen LogP contribution in [-0.4, -0.2) is 44.3 Å². The monoisotopic (exact) mass is 300 g/mol. The van der Waals surface area contributed by atoms with E-state index < -0.39 is 12.7 Å². The third-order valence-electron chi connectivity index (χ3n) is 2.96. The van der Waals surface area contributed by atoms with Crippen LogP contribution in [0.15, 0.2) is 35.9 Å². The Balaban J connectivity index is 2.15. The normalized spacial score (nSPS) is 13.0. The van der Waals surface area contributed by atoms with Gasteiger partial charge in [0.05, 0.1) is 6.54 Å². The first-order valence-corrected chi connectivity index (χ1v) is 7.05. The van der Waals surface area contributed by atoms with Gasteiger partial charge in [-0.2, -0.15) is 13.2 Å². The number of hydrogen-bond acceptors (Lipinski definition) is 2. The Morgan fingerprint density at radius 3 is 2.52 bits per heavy atom.